The molecule has 0 aliphatic carbocycles. The number of aryl methyl sites for hydroxylation is 1. The summed E-state index contributed by atoms with van der Waals surface area (Å²) in [6.45, 7) is 0. The summed E-state index contributed by atoms with van der Waals surface area (Å²) in [5.41, 5.74) is 1.25. The van der Waals surface area contributed by atoms with Crippen LogP contribution in [0.3, 0.4) is 0 Å². The van der Waals surface area contributed by atoms with Crippen molar-refractivity contribution in [2.75, 3.05) is 11.6 Å². The molecule has 0 bridgehead atoms. The third-order valence-corrected chi connectivity index (χ3v) is 5.57. The monoisotopic (exact) mass is 371 g/mol. The minimum atomic E-state index is -1.05. The van der Waals surface area contributed by atoms with E-state index in [4.69, 9.17) is 0 Å². The second-order valence-electron chi connectivity index (χ2n) is 5.38. The lowest BCUT2D eigenvalue weighted by atomic mass is 10.2. The maximum absolute atomic E-state index is 12.3. The fraction of sp³-hybridized carbons (Fsp3) is 0.111. The van der Waals surface area contributed by atoms with E-state index >= 15 is 0 Å². The molecule has 0 radical (unpaired) electrons. The van der Waals surface area contributed by atoms with Crippen molar-refractivity contribution in [2.45, 2.75) is 14.9 Å². The van der Waals surface area contributed by atoms with Crippen molar-refractivity contribution < 1.29 is 9.00 Å². The van der Waals surface area contributed by atoms with Gasteiger partial charge in [-0.25, -0.2) is 4.98 Å². The molecule has 0 spiro atoms. The number of anilines is 1. The number of aromatic nitrogens is 2. The zero-order chi connectivity index (χ0) is 17.8. The first-order valence-electron chi connectivity index (χ1n) is 7.53. The van der Waals surface area contributed by atoms with Crippen molar-refractivity contribution in [2.24, 2.45) is 7.05 Å². The van der Waals surface area contributed by atoms with E-state index in [0.717, 1.165) is 15.7 Å². The maximum atomic E-state index is 12.3. The van der Waals surface area contributed by atoms with E-state index in [-0.39, 0.29) is 5.91 Å². The Morgan fingerprint density at radius 1 is 1.12 bits per heavy atom. The van der Waals surface area contributed by atoms with E-state index in [9.17, 15) is 9.00 Å². The number of amides is 1. The summed E-state index contributed by atoms with van der Waals surface area (Å²) < 4.78 is 13.3. The number of carbonyl (C=O) groups excluding carboxylic acids is 1. The van der Waals surface area contributed by atoms with Gasteiger partial charge in [0.15, 0.2) is 5.16 Å². The Balaban J connectivity index is 1.65. The van der Waals surface area contributed by atoms with Crippen LogP contribution in [0.1, 0.15) is 10.4 Å². The van der Waals surface area contributed by atoms with Crippen LogP contribution >= 0.6 is 11.8 Å². The average molecular weight is 371 g/mol. The van der Waals surface area contributed by atoms with Crippen molar-refractivity contribution in [3.63, 3.8) is 0 Å². The Morgan fingerprint density at radius 3 is 2.36 bits per heavy atom. The smallest absolute Gasteiger partial charge is 0.255 e. The van der Waals surface area contributed by atoms with Crippen molar-refractivity contribution >= 4 is 34.2 Å². The minimum absolute atomic E-state index is 0.196. The molecule has 7 heteroatoms. The highest BCUT2D eigenvalue weighted by Gasteiger charge is 2.08. The second kappa shape index (κ2) is 7.67. The summed E-state index contributed by atoms with van der Waals surface area (Å²) >= 11 is 1.56. The van der Waals surface area contributed by atoms with Gasteiger partial charge in [-0.15, -0.1) is 0 Å². The quantitative estimate of drug-likeness (QED) is 0.745. The van der Waals surface area contributed by atoms with E-state index in [1.165, 1.54) is 0 Å². The first-order valence-corrected chi connectivity index (χ1v) is 9.90. The number of nitrogens with zero attached hydrogens (tertiary/aromatic N) is 2. The molecule has 0 aliphatic heterocycles. The Bertz CT molecular complexity index is 903. The molecule has 1 aromatic heterocycles. The fourth-order valence-electron chi connectivity index (χ4n) is 2.16. The topological polar surface area (TPSA) is 64.0 Å². The predicted octanol–water partition coefficient (Wildman–Crippen LogP) is 3.56. The molecule has 128 valence electrons. The molecule has 0 unspecified atom stereocenters. The second-order valence-corrected chi connectivity index (χ2v) is 7.80. The molecule has 0 fully saturated rings. The van der Waals surface area contributed by atoms with Crippen LogP contribution in [-0.2, 0) is 17.8 Å². The molecule has 1 heterocycles. The van der Waals surface area contributed by atoms with Gasteiger partial charge in [0.2, 0.25) is 0 Å². The van der Waals surface area contributed by atoms with Crippen LogP contribution in [0.5, 0.6) is 0 Å². The van der Waals surface area contributed by atoms with E-state index in [1.54, 1.807) is 48.5 Å². The van der Waals surface area contributed by atoms with Gasteiger partial charge in [0.1, 0.15) is 0 Å². The largest absolute Gasteiger partial charge is 0.329 e. The van der Waals surface area contributed by atoms with Gasteiger partial charge >= 0.3 is 0 Å². The summed E-state index contributed by atoms with van der Waals surface area (Å²) in [4.78, 5) is 18.3. The number of rotatable bonds is 5. The molecular weight excluding hydrogens is 354 g/mol. The number of carbonyl (C=O) groups is 1. The molecule has 0 saturated carbocycles. The minimum Gasteiger partial charge on any atom is -0.329 e. The molecule has 3 rings (SSSR count). The first kappa shape index (κ1) is 17.4. The van der Waals surface area contributed by atoms with E-state index in [2.05, 4.69) is 10.3 Å². The fourth-order valence-corrected chi connectivity index (χ4v) is 3.48. The van der Waals surface area contributed by atoms with Gasteiger partial charge in [0.05, 0.1) is 0 Å². The lowest BCUT2D eigenvalue weighted by Crippen LogP contribution is -2.11. The number of nitrogens with one attached hydrogen (secondary N) is 1. The summed E-state index contributed by atoms with van der Waals surface area (Å²) in [6, 6.07) is 14.4. The van der Waals surface area contributed by atoms with Gasteiger partial charge < -0.3 is 9.88 Å². The molecule has 3 aromatic rings. The highest BCUT2D eigenvalue weighted by Crippen LogP contribution is 2.26. The molecule has 1 N–H and O–H groups in total. The normalized spacial score (nSPS) is 11.9. The molecule has 25 heavy (non-hydrogen) atoms. The van der Waals surface area contributed by atoms with Crippen LogP contribution in [0.4, 0.5) is 5.69 Å². The predicted molar refractivity (Wildman–Crippen MR) is 101 cm³/mol. The summed E-state index contributed by atoms with van der Waals surface area (Å²) in [6.07, 6.45) is 5.27. The van der Waals surface area contributed by atoms with Crippen LogP contribution < -0.4 is 5.32 Å². The lowest BCUT2D eigenvalue weighted by Gasteiger charge is -2.07. The molecule has 2 aromatic carbocycles. The number of hydrogen-bond donors (Lipinski definition) is 1. The molecule has 1 atom stereocenters. The van der Waals surface area contributed by atoms with Crippen molar-refractivity contribution in [3.05, 3.63) is 66.5 Å². The van der Waals surface area contributed by atoms with Gasteiger partial charge in [-0.2, -0.15) is 0 Å². The van der Waals surface area contributed by atoms with Crippen LogP contribution in [0.25, 0.3) is 0 Å². The van der Waals surface area contributed by atoms with Crippen LogP contribution in [0.15, 0.2) is 75.9 Å². The van der Waals surface area contributed by atoms with Crippen molar-refractivity contribution in [1.82, 2.24) is 9.55 Å². The molecule has 1 amide bonds. The third kappa shape index (κ3) is 4.37. The summed E-state index contributed by atoms with van der Waals surface area (Å²) in [5, 5.41) is 3.77. The van der Waals surface area contributed by atoms with Crippen LogP contribution in [0, 0.1) is 0 Å². The maximum Gasteiger partial charge on any atom is 0.255 e. The number of benzene rings is 2. The van der Waals surface area contributed by atoms with Gasteiger partial charge in [0, 0.05) is 57.5 Å². The average Bonchev–Trinajstić information content (AvgIpc) is 3.01. The van der Waals surface area contributed by atoms with E-state index in [1.807, 2.05) is 42.1 Å². The molecule has 5 nitrogen and oxygen atoms in total. The van der Waals surface area contributed by atoms with Crippen molar-refractivity contribution in [3.8, 4) is 0 Å². The Labute approximate surface area is 152 Å². The standard InChI is InChI=1S/C18H17N3O2S2/c1-21-12-11-19-18(21)24-15-7-5-14(6-8-15)20-17(22)13-3-9-16(10-4-13)25(2)23/h3-12H,1-2H3,(H,20,22)/t25-/m1/s1. The van der Waals surface area contributed by atoms with Crippen LogP contribution in [0.2, 0.25) is 0 Å². The Kier molecular flexibility index (Phi) is 5.35. The van der Waals surface area contributed by atoms with Gasteiger partial charge in [-0.05, 0) is 48.5 Å². The summed E-state index contributed by atoms with van der Waals surface area (Å²) in [7, 11) is 0.900. The zero-order valence-corrected chi connectivity index (χ0v) is 15.4. The van der Waals surface area contributed by atoms with Gasteiger partial charge in [0.25, 0.3) is 5.91 Å². The number of imidazole rings is 1. The van der Waals surface area contributed by atoms with E-state index in [0.29, 0.717) is 10.5 Å². The molecule has 0 saturated heterocycles. The number of hydrogen-bond acceptors (Lipinski definition) is 4. The first-order chi connectivity index (χ1) is 12.0. The Morgan fingerprint density at radius 2 is 1.80 bits per heavy atom. The lowest BCUT2D eigenvalue weighted by molar-refractivity contribution is 0.102. The zero-order valence-electron chi connectivity index (χ0n) is 13.8. The molecular formula is C18H17N3O2S2. The highest BCUT2D eigenvalue weighted by atomic mass is 32.2. The highest BCUT2D eigenvalue weighted by molar-refractivity contribution is 7.99. The SMILES string of the molecule is Cn1ccnc1Sc1ccc(NC(=O)c2ccc([S@@](C)=O)cc2)cc1. The van der Waals surface area contributed by atoms with E-state index < -0.39 is 10.8 Å². The Hall–Kier alpha value is -2.38. The van der Waals surface area contributed by atoms with Gasteiger partial charge in [-0.1, -0.05) is 11.8 Å². The third-order valence-electron chi connectivity index (χ3n) is 3.55. The summed E-state index contributed by atoms with van der Waals surface area (Å²) in [5.74, 6) is -0.196. The molecule has 0 aliphatic rings. The van der Waals surface area contributed by atoms with Crippen LogP contribution in [-0.4, -0.2) is 25.9 Å². The van der Waals surface area contributed by atoms with Crippen molar-refractivity contribution in [1.29, 1.82) is 0 Å². The van der Waals surface area contributed by atoms with Gasteiger partial charge in [-0.3, -0.25) is 9.00 Å².